The van der Waals surface area contributed by atoms with Crippen LogP contribution in [0.15, 0.2) is 36.4 Å². The number of hydrogen-bond acceptors (Lipinski definition) is 4. The highest BCUT2D eigenvalue weighted by atomic mass is 127. The number of carbonyl (C=O) groups excluding carboxylic acids is 1. The lowest BCUT2D eigenvalue weighted by Gasteiger charge is -2.36. The van der Waals surface area contributed by atoms with E-state index >= 15 is 0 Å². The van der Waals surface area contributed by atoms with Crippen molar-refractivity contribution < 1.29 is 4.79 Å². The number of halogens is 2. The van der Waals surface area contributed by atoms with E-state index < -0.39 is 0 Å². The second-order valence-corrected chi connectivity index (χ2v) is 9.90. The van der Waals surface area contributed by atoms with Crippen LogP contribution in [0.1, 0.15) is 52.7 Å². The van der Waals surface area contributed by atoms with Gasteiger partial charge in [0.1, 0.15) is 6.07 Å². The first-order valence-corrected chi connectivity index (χ1v) is 11.5. The summed E-state index contributed by atoms with van der Waals surface area (Å²) in [4.78, 5) is 15.0. The average molecular weight is 535 g/mol. The maximum absolute atomic E-state index is 12.8. The Hall–Kier alpha value is -1.82. The van der Waals surface area contributed by atoms with Gasteiger partial charge in [0, 0.05) is 66.3 Å². The fourth-order valence-electron chi connectivity index (χ4n) is 4.40. The van der Waals surface area contributed by atoms with Gasteiger partial charge in [-0.25, -0.2) is 3.11 Å². The van der Waals surface area contributed by atoms with Gasteiger partial charge in [-0.2, -0.15) is 5.26 Å². The molecule has 0 aromatic heterocycles. The van der Waals surface area contributed by atoms with Crippen molar-refractivity contribution in [1.82, 2.24) is 8.43 Å². The minimum Gasteiger partial charge on any atom is -0.372 e. The Labute approximate surface area is 196 Å². The first-order chi connectivity index (χ1) is 14.4. The Bertz CT molecular complexity index is 997. The monoisotopic (exact) mass is 534 g/mol. The molecule has 0 bridgehead atoms. The summed E-state index contributed by atoms with van der Waals surface area (Å²) in [5.41, 5.74) is 4.84. The van der Waals surface area contributed by atoms with Gasteiger partial charge < -0.3 is 10.2 Å². The van der Waals surface area contributed by atoms with Crippen LogP contribution in [-0.4, -0.2) is 28.2 Å². The number of fused-ring (bicyclic) bond motifs is 1. The number of nitriles is 1. The van der Waals surface area contributed by atoms with E-state index in [-0.39, 0.29) is 11.9 Å². The van der Waals surface area contributed by atoms with Crippen molar-refractivity contribution in [2.75, 3.05) is 11.9 Å². The fraction of sp³-hybridized carbons (Fsp3) is 0.391. The number of rotatable bonds is 4. The van der Waals surface area contributed by atoms with Gasteiger partial charge in [-0.15, -0.1) is 0 Å². The highest BCUT2D eigenvalue weighted by Crippen LogP contribution is 2.30. The first-order valence-electron chi connectivity index (χ1n) is 10.2. The molecule has 30 heavy (non-hydrogen) atoms. The van der Waals surface area contributed by atoms with Crippen molar-refractivity contribution in [3.8, 4) is 6.07 Å². The van der Waals surface area contributed by atoms with Crippen molar-refractivity contribution in [3.05, 3.63) is 63.7 Å². The second kappa shape index (κ2) is 9.13. The van der Waals surface area contributed by atoms with Crippen LogP contribution < -0.4 is 10.2 Å². The Morgan fingerprint density at radius 3 is 2.60 bits per heavy atom. The van der Waals surface area contributed by atoms with Crippen molar-refractivity contribution in [2.24, 2.45) is 0 Å². The van der Waals surface area contributed by atoms with Gasteiger partial charge in [-0.05, 0) is 67.1 Å². The van der Waals surface area contributed by atoms with Crippen molar-refractivity contribution in [1.29, 1.82) is 5.26 Å². The summed E-state index contributed by atoms with van der Waals surface area (Å²) in [6, 6.07) is 14.4. The van der Waals surface area contributed by atoms with Crippen LogP contribution in [0.4, 0.5) is 5.69 Å². The minimum atomic E-state index is 0.0281. The third-order valence-corrected chi connectivity index (χ3v) is 7.21. The summed E-state index contributed by atoms with van der Waals surface area (Å²) in [5, 5.41) is 12.8. The normalized spacial score (nSPS) is 21.0. The molecule has 1 aliphatic heterocycles. The molecule has 4 rings (SSSR count). The molecule has 1 saturated carbocycles. The molecule has 1 amide bonds. The van der Waals surface area contributed by atoms with Crippen LogP contribution in [0.2, 0.25) is 5.02 Å². The number of benzene rings is 2. The molecule has 5 nitrogen and oxygen atoms in total. The highest BCUT2D eigenvalue weighted by Gasteiger charge is 2.26. The van der Waals surface area contributed by atoms with E-state index in [1.165, 1.54) is 11.1 Å². The number of nitrogens with zero attached hydrogens (tertiary/aromatic N) is 3. The van der Waals surface area contributed by atoms with E-state index in [0.29, 0.717) is 16.6 Å². The number of amides is 1. The first kappa shape index (κ1) is 21.4. The molecule has 2 aromatic carbocycles. The lowest BCUT2D eigenvalue weighted by atomic mass is 9.89. The van der Waals surface area contributed by atoms with Crippen LogP contribution in [0.5, 0.6) is 0 Å². The maximum atomic E-state index is 12.8. The number of hydrogen-bond donors (Lipinski definition) is 1. The lowest BCUT2D eigenvalue weighted by Crippen LogP contribution is -2.43. The summed E-state index contributed by atoms with van der Waals surface area (Å²) in [7, 11) is 2.07. The van der Waals surface area contributed by atoms with Gasteiger partial charge in [0.25, 0.3) is 5.91 Å². The minimum absolute atomic E-state index is 0.0281. The molecule has 0 saturated heterocycles. The van der Waals surface area contributed by atoms with Crippen molar-refractivity contribution >= 4 is 46.1 Å². The fourth-order valence-corrected chi connectivity index (χ4v) is 5.35. The summed E-state index contributed by atoms with van der Waals surface area (Å²) in [6.07, 6.45) is 3.93. The molecule has 0 spiro atoms. The largest absolute Gasteiger partial charge is 0.372 e. The molecular formula is C23H24ClIN4O. The zero-order chi connectivity index (χ0) is 21.3. The number of nitrogens with one attached hydrogen (secondary N) is 1. The van der Waals surface area contributed by atoms with E-state index in [4.69, 9.17) is 16.9 Å². The van der Waals surface area contributed by atoms with Crippen molar-refractivity contribution in [3.63, 3.8) is 0 Å². The molecule has 0 radical (unpaired) electrons. The maximum Gasteiger partial charge on any atom is 0.251 e. The van der Waals surface area contributed by atoms with Gasteiger partial charge in [-0.3, -0.25) is 4.79 Å². The molecule has 1 fully saturated rings. The van der Waals surface area contributed by atoms with E-state index in [1.807, 2.05) is 24.3 Å². The Morgan fingerprint density at radius 1 is 1.17 bits per heavy atom. The Balaban J connectivity index is 1.32. The van der Waals surface area contributed by atoms with Gasteiger partial charge in [0.2, 0.25) is 0 Å². The summed E-state index contributed by atoms with van der Waals surface area (Å²) < 4.78 is 2.23. The predicted molar refractivity (Wildman–Crippen MR) is 128 cm³/mol. The number of carbonyl (C=O) groups is 1. The molecular weight excluding hydrogens is 511 g/mol. The van der Waals surface area contributed by atoms with Crippen LogP contribution in [0.25, 0.3) is 0 Å². The lowest BCUT2D eigenvalue weighted by molar-refractivity contribution is 0.0925. The van der Waals surface area contributed by atoms with Crippen LogP contribution in [0.3, 0.4) is 0 Å². The molecule has 2 aliphatic rings. The highest BCUT2D eigenvalue weighted by molar-refractivity contribution is 14.1. The van der Waals surface area contributed by atoms with Crippen LogP contribution >= 0.6 is 34.5 Å². The zero-order valence-corrected chi connectivity index (χ0v) is 19.8. The van der Waals surface area contributed by atoms with Gasteiger partial charge in [0.15, 0.2) is 0 Å². The Morgan fingerprint density at radius 2 is 1.90 bits per heavy atom. The van der Waals surface area contributed by atoms with Gasteiger partial charge >= 0.3 is 0 Å². The Kier molecular flexibility index (Phi) is 6.51. The SMILES string of the molecule is CN(c1ccc(C#N)c(Cl)c1)C1CCC(NC(=O)c2ccc3c(c2)CN(I)C3)CC1. The summed E-state index contributed by atoms with van der Waals surface area (Å²) in [5.74, 6) is 0.0281. The molecule has 7 heteroatoms. The average Bonchev–Trinajstić information content (AvgIpc) is 3.12. The molecule has 1 N–H and O–H groups in total. The topological polar surface area (TPSA) is 59.4 Å². The van der Waals surface area contributed by atoms with E-state index in [9.17, 15) is 4.79 Å². The number of anilines is 1. The standard InChI is InChI=1S/C23H24ClIN4O/c1-28(21-7-4-16(12-26)22(24)11-21)20-8-5-19(6-9-20)27-23(30)15-2-3-17-13-29(25)14-18(17)10-15/h2-4,7,10-11,19-20H,5-6,8-9,13-14H2,1H3,(H,27,30). The molecule has 0 atom stereocenters. The van der Waals surface area contributed by atoms with Crippen LogP contribution in [0, 0.1) is 11.3 Å². The van der Waals surface area contributed by atoms with Gasteiger partial charge in [-0.1, -0.05) is 17.7 Å². The van der Waals surface area contributed by atoms with Crippen molar-refractivity contribution in [2.45, 2.75) is 50.9 Å². The van der Waals surface area contributed by atoms with Gasteiger partial charge in [0.05, 0.1) is 10.6 Å². The third-order valence-electron chi connectivity index (χ3n) is 6.21. The smallest absolute Gasteiger partial charge is 0.251 e. The predicted octanol–water partition coefficient (Wildman–Crippen LogP) is 5.05. The van der Waals surface area contributed by atoms with E-state index in [2.05, 4.69) is 55.4 Å². The molecule has 2 aromatic rings. The summed E-state index contributed by atoms with van der Waals surface area (Å²) >= 11 is 8.52. The quantitative estimate of drug-likeness (QED) is 0.440. The molecule has 0 unspecified atom stereocenters. The molecule has 1 heterocycles. The van der Waals surface area contributed by atoms with E-state index in [1.54, 1.807) is 6.07 Å². The molecule has 1 aliphatic carbocycles. The molecule has 156 valence electrons. The zero-order valence-electron chi connectivity index (χ0n) is 16.9. The summed E-state index contributed by atoms with van der Waals surface area (Å²) in [6.45, 7) is 1.84. The third kappa shape index (κ3) is 4.58. The second-order valence-electron chi connectivity index (χ2n) is 8.13. The van der Waals surface area contributed by atoms with Crippen LogP contribution in [-0.2, 0) is 13.1 Å². The van der Waals surface area contributed by atoms with E-state index in [0.717, 1.165) is 50.0 Å².